The first-order chi connectivity index (χ1) is 18.5. The van der Waals surface area contributed by atoms with Crippen molar-refractivity contribution in [3.63, 3.8) is 0 Å². The molecule has 0 aliphatic carbocycles. The van der Waals surface area contributed by atoms with E-state index in [0.717, 1.165) is 17.7 Å². The van der Waals surface area contributed by atoms with Crippen molar-refractivity contribution in [2.24, 2.45) is 0 Å². The smallest absolute Gasteiger partial charge is 0.411 e. The number of aromatic nitrogens is 2. The van der Waals surface area contributed by atoms with Crippen LogP contribution in [0.3, 0.4) is 0 Å². The van der Waals surface area contributed by atoms with Crippen molar-refractivity contribution >= 4 is 17.6 Å². The highest BCUT2D eigenvalue weighted by Crippen LogP contribution is 2.25. The third-order valence-corrected chi connectivity index (χ3v) is 5.65. The number of nitrogens with one attached hydrogen (secondary N) is 2. The van der Waals surface area contributed by atoms with Crippen LogP contribution in [0.25, 0.3) is 11.3 Å². The van der Waals surface area contributed by atoms with E-state index in [-0.39, 0.29) is 6.01 Å². The summed E-state index contributed by atoms with van der Waals surface area (Å²) in [4.78, 5) is 20.5. The molecule has 3 rings (SSSR count). The van der Waals surface area contributed by atoms with Gasteiger partial charge in [0.2, 0.25) is 0 Å². The van der Waals surface area contributed by atoms with Gasteiger partial charge in [-0.05, 0) is 43.2 Å². The average Bonchev–Trinajstić information content (AvgIpc) is 2.94. The molecule has 0 bridgehead atoms. The van der Waals surface area contributed by atoms with Gasteiger partial charge < -0.3 is 19.5 Å². The quantitative estimate of drug-likeness (QED) is 0.226. The number of amides is 1. The molecule has 2 aromatic carbocycles. The van der Waals surface area contributed by atoms with Crippen molar-refractivity contribution in [3.05, 3.63) is 60.2 Å². The van der Waals surface area contributed by atoms with Gasteiger partial charge in [-0.15, -0.1) is 0 Å². The van der Waals surface area contributed by atoms with E-state index >= 15 is 0 Å². The molecule has 0 saturated heterocycles. The van der Waals surface area contributed by atoms with E-state index in [2.05, 4.69) is 34.4 Å². The van der Waals surface area contributed by atoms with Crippen LogP contribution in [0.5, 0.6) is 11.8 Å². The normalized spacial score (nSPS) is 10.1. The molecule has 206 valence electrons. The minimum atomic E-state index is -0.499. The van der Waals surface area contributed by atoms with Crippen LogP contribution in [0.2, 0.25) is 0 Å². The first kappa shape index (κ1) is 30.4. The van der Waals surface area contributed by atoms with E-state index in [9.17, 15) is 4.79 Å². The molecule has 38 heavy (non-hydrogen) atoms. The standard InChI is InChI=1S/C23H26N4O4.C7H16/c1-4-31-23(28)25-18-7-5-6-17(14-18)20-15-21(27-22(26-20)30-3)24-13-12-16-8-10-19(29-2)11-9-16;1-3-5-7-6-4-2/h5-11,14-15H,4,12-13H2,1-3H3,(H,25,28)(H,24,26,27);3-7H2,1-2H3. The molecule has 1 amide bonds. The minimum Gasteiger partial charge on any atom is -0.497 e. The Hall–Kier alpha value is -3.81. The number of hydrogen-bond donors (Lipinski definition) is 2. The number of unbranched alkanes of at least 4 members (excludes halogenated alkanes) is 4. The van der Waals surface area contributed by atoms with Gasteiger partial charge >= 0.3 is 12.1 Å². The molecule has 0 unspecified atom stereocenters. The fourth-order valence-corrected chi connectivity index (χ4v) is 3.60. The average molecular weight is 523 g/mol. The Morgan fingerprint density at radius 1 is 0.868 bits per heavy atom. The largest absolute Gasteiger partial charge is 0.497 e. The second-order valence-electron chi connectivity index (χ2n) is 8.64. The summed E-state index contributed by atoms with van der Waals surface area (Å²) in [6.45, 7) is 7.24. The molecule has 1 heterocycles. The minimum absolute atomic E-state index is 0.258. The van der Waals surface area contributed by atoms with Crippen molar-refractivity contribution in [2.45, 2.75) is 59.3 Å². The summed E-state index contributed by atoms with van der Waals surface area (Å²) in [5.74, 6) is 1.49. The summed E-state index contributed by atoms with van der Waals surface area (Å²) in [6.07, 6.45) is 7.33. The SMILES string of the molecule is CCCCCCC.CCOC(=O)Nc1cccc(-c2cc(NCCc3ccc(OC)cc3)nc(OC)n2)c1. The van der Waals surface area contributed by atoms with Crippen LogP contribution >= 0.6 is 0 Å². The van der Waals surface area contributed by atoms with Crippen molar-refractivity contribution in [1.82, 2.24) is 9.97 Å². The molecular formula is C30H42N4O4. The lowest BCUT2D eigenvalue weighted by Gasteiger charge is -2.11. The molecule has 0 saturated carbocycles. The molecular weight excluding hydrogens is 480 g/mol. The first-order valence-electron chi connectivity index (χ1n) is 13.4. The Balaban J connectivity index is 0.000000638. The number of nitrogens with zero attached hydrogens (tertiary/aromatic N) is 2. The van der Waals surface area contributed by atoms with Gasteiger partial charge in [-0.3, -0.25) is 5.32 Å². The van der Waals surface area contributed by atoms with E-state index in [1.807, 2.05) is 48.5 Å². The third-order valence-electron chi connectivity index (χ3n) is 5.65. The maximum atomic E-state index is 11.7. The Bertz CT molecular complexity index is 1090. The number of ether oxygens (including phenoxy) is 3. The number of carbonyl (C=O) groups excluding carboxylic acids is 1. The Kier molecular flexibility index (Phi) is 14.1. The van der Waals surface area contributed by atoms with Crippen LogP contribution in [0, 0.1) is 0 Å². The van der Waals surface area contributed by atoms with Crippen LogP contribution in [0.4, 0.5) is 16.3 Å². The molecule has 0 radical (unpaired) electrons. The third kappa shape index (κ3) is 11.1. The number of methoxy groups -OCH3 is 2. The zero-order valence-electron chi connectivity index (χ0n) is 23.4. The maximum absolute atomic E-state index is 11.7. The maximum Gasteiger partial charge on any atom is 0.411 e. The van der Waals surface area contributed by atoms with Crippen LogP contribution in [-0.4, -0.2) is 43.4 Å². The summed E-state index contributed by atoms with van der Waals surface area (Å²) in [5.41, 5.74) is 3.29. The van der Waals surface area contributed by atoms with Crippen LogP contribution in [-0.2, 0) is 11.2 Å². The van der Waals surface area contributed by atoms with Crippen molar-refractivity contribution in [3.8, 4) is 23.0 Å². The molecule has 2 N–H and O–H groups in total. The van der Waals surface area contributed by atoms with E-state index in [1.165, 1.54) is 44.8 Å². The molecule has 3 aromatic rings. The molecule has 0 aliphatic rings. The lowest BCUT2D eigenvalue weighted by atomic mass is 10.1. The predicted octanol–water partition coefficient (Wildman–Crippen LogP) is 7.36. The summed E-state index contributed by atoms with van der Waals surface area (Å²) < 4.78 is 15.4. The fraction of sp³-hybridized carbons (Fsp3) is 0.433. The predicted molar refractivity (Wildman–Crippen MR) is 154 cm³/mol. The van der Waals surface area contributed by atoms with E-state index in [0.29, 0.717) is 30.4 Å². The number of hydrogen-bond acceptors (Lipinski definition) is 7. The second kappa shape index (κ2) is 17.6. The molecule has 0 aliphatic heterocycles. The summed E-state index contributed by atoms with van der Waals surface area (Å²) in [5, 5.41) is 6.01. The van der Waals surface area contributed by atoms with Gasteiger partial charge in [-0.2, -0.15) is 9.97 Å². The number of carbonyl (C=O) groups is 1. The van der Waals surface area contributed by atoms with Crippen LogP contribution < -0.4 is 20.1 Å². The lowest BCUT2D eigenvalue weighted by Crippen LogP contribution is -2.13. The lowest BCUT2D eigenvalue weighted by molar-refractivity contribution is 0.168. The monoisotopic (exact) mass is 522 g/mol. The Labute approximate surface area is 227 Å². The van der Waals surface area contributed by atoms with Crippen molar-refractivity contribution in [2.75, 3.05) is 38.0 Å². The van der Waals surface area contributed by atoms with Gasteiger partial charge in [-0.1, -0.05) is 70.2 Å². The van der Waals surface area contributed by atoms with Gasteiger partial charge in [0.1, 0.15) is 11.6 Å². The highest BCUT2D eigenvalue weighted by Gasteiger charge is 2.09. The van der Waals surface area contributed by atoms with Gasteiger partial charge in [-0.25, -0.2) is 4.79 Å². The Morgan fingerprint density at radius 2 is 1.61 bits per heavy atom. The summed E-state index contributed by atoms with van der Waals surface area (Å²) >= 11 is 0. The van der Waals surface area contributed by atoms with E-state index in [4.69, 9.17) is 14.2 Å². The number of benzene rings is 2. The molecule has 0 spiro atoms. The summed E-state index contributed by atoms with van der Waals surface area (Å²) in [6, 6.07) is 17.4. The van der Waals surface area contributed by atoms with Gasteiger partial charge in [0, 0.05) is 23.9 Å². The van der Waals surface area contributed by atoms with Gasteiger partial charge in [0.15, 0.2) is 0 Å². The molecule has 0 fully saturated rings. The number of anilines is 2. The molecule has 8 nitrogen and oxygen atoms in total. The van der Waals surface area contributed by atoms with E-state index in [1.54, 1.807) is 20.1 Å². The Morgan fingerprint density at radius 3 is 2.24 bits per heavy atom. The fourth-order valence-electron chi connectivity index (χ4n) is 3.60. The van der Waals surface area contributed by atoms with Crippen molar-refractivity contribution < 1.29 is 19.0 Å². The first-order valence-corrected chi connectivity index (χ1v) is 13.4. The molecule has 0 atom stereocenters. The summed E-state index contributed by atoms with van der Waals surface area (Å²) in [7, 11) is 3.18. The van der Waals surface area contributed by atoms with E-state index < -0.39 is 6.09 Å². The van der Waals surface area contributed by atoms with Gasteiger partial charge in [0.05, 0.1) is 26.5 Å². The topological polar surface area (TPSA) is 94.6 Å². The molecule has 1 aromatic heterocycles. The second-order valence-corrected chi connectivity index (χ2v) is 8.64. The molecule has 8 heteroatoms. The zero-order valence-corrected chi connectivity index (χ0v) is 23.4. The van der Waals surface area contributed by atoms with Crippen LogP contribution in [0.15, 0.2) is 54.6 Å². The van der Waals surface area contributed by atoms with Gasteiger partial charge in [0.25, 0.3) is 0 Å². The van der Waals surface area contributed by atoms with Crippen molar-refractivity contribution in [1.29, 1.82) is 0 Å². The zero-order chi connectivity index (χ0) is 27.6. The van der Waals surface area contributed by atoms with Crippen LogP contribution in [0.1, 0.15) is 58.4 Å². The highest BCUT2D eigenvalue weighted by atomic mass is 16.5. The number of rotatable bonds is 13. The highest BCUT2D eigenvalue weighted by molar-refractivity contribution is 5.85.